The average Bonchev–Trinajstić information content (AvgIpc) is 2.14. The number of aromatic nitrogens is 1. The van der Waals surface area contributed by atoms with Crippen molar-refractivity contribution in [3.8, 4) is 5.88 Å². The summed E-state index contributed by atoms with van der Waals surface area (Å²) >= 11 is 0. The van der Waals surface area contributed by atoms with E-state index in [4.69, 9.17) is 10.5 Å². The maximum absolute atomic E-state index is 11.9. The van der Waals surface area contributed by atoms with Gasteiger partial charge in [-0.1, -0.05) is 0 Å². The third-order valence-corrected chi connectivity index (χ3v) is 1.86. The molecule has 3 nitrogen and oxygen atoms in total. The zero-order valence-electron chi connectivity index (χ0n) is 8.84. The molecule has 2 N–H and O–H groups in total. The van der Waals surface area contributed by atoms with Crippen LogP contribution in [0.5, 0.6) is 5.88 Å². The van der Waals surface area contributed by atoms with Gasteiger partial charge in [0.05, 0.1) is 13.0 Å². The van der Waals surface area contributed by atoms with Gasteiger partial charge in [-0.25, -0.2) is 4.98 Å². The van der Waals surface area contributed by atoms with Crippen LogP contribution < -0.4 is 10.5 Å². The van der Waals surface area contributed by atoms with Gasteiger partial charge in [-0.2, -0.15) is 13.2 Å². The molecular weight excluding hydrogens is 221 g/mol. The van der Waals surface area contributed by atoms with E-state index in [-0.39, 0.29) is 5.88 Å². The van der Waals surface area contributed by atoms with Crippen molar-refractivity contribution in [2.24, 2.45) is 5.73 Å². The topological polar surface area (TPSA) is 48.1 Å². The highest BCUT2D eigenvalue weighted by atomic mass is 19.4. The first-order valence-corrected chi connectivity index (χ1v) is 4.78. The Bertz CT molecular complexity index is 352. The Hall–Kier alpha value is -1.30. The summed E-state index contributed by atoms with van der Waals surface area (Å²) in [5.74, 6) is 0.185. The van der Waals surface area contributed by atoms with Gasteiger partial charge in [0.1, 0.15) is 0 Å². The molecule has 90 valence electrons. The van der Waals surface area contributed by atoms with Crippen LogP contribution in [0.2, 0.25) is 0 Å². The summed E-state index contributed by atoms with van der Waals surface area (Å²) in [5, 5.41) is 0. The molecule has 16 heavy (non-hydrogen) atoms. The number of rotatable bonds is 4. The van der Waals surface area contributed by atoms with Crippen LogP contribution in [0.3, 0.4) is 0 Å². The second kappa shape index (κ2) is 5.16. The Labute approximate surface area is 91.4 Å². The minimum absolute atomic E-state index is 0.185. The van der Waals surface area contributed by atoms with Crippen LogP contribution in [0, 0.1) is 6.92 Å². The number of aryl methyl sites for hydroxylation is 1. The first-order chi connectivity index (χ1) is 7.40. The number of pyridine rings is 1. The van der Waals surface area contributed by atoms with Gasteiger partial charge in [0, 0.05) is 18.3 Å². The highest BCUT2D eigenvalue weighted by Gasteiger charge is 2.26. The van der Waals surface area contributed by atoms with Crippen LogP contribution in [-0.2, 0) is 6.54 Å². The van der Waals surface area contributed by atoms with E-state index in [0.717, 1.165) is 5.56 Å². The van der Waals surface area contributed by atoms with Gasteiger partial charge in [-0.3, -0.25) is 0 Å². The standard InChI is InChI=1S/C10H13F3N2O/c1-7-4-8(6-14)5-9(15-7)16-3-2-10(11,12)13/h4-5H,2-3,6,14H2,1H3. The predicted octanol–water partition coefficient (Wildman–Crippen LogP) is 2.18. The quantitative estimate of drug-likeness (QED) is 0.868. The third-order valence-electron chi connectivity index (χ3n) is 1.86. The molecule has 1 aromatic rings. The maximum atomic E-state index is 11.9. The summed E-state index contributed by atoms with van der Waals surface area (Å²) in [6.45, 7) is 1.61. The van der Waals surface area contributed by atoms with E-state index in [0.29, 0.717) is 12.2 Å². The fraction of sp³-hybridized carbons (Fsp3) is 0.500. The smallest absolute Gasteiger partial charge is 0.392 e. The highest BCUT2D eigenvalue weighted by molar-refractivity contribution is 5.24. The Morgan fingerprint density at radius 3 is 2.62 bits per heavy atom. The zero-order valence-corrected chi connectivity index (χ0v) is 8.84. The molecule has 0 saturated carbocycles. The molecule has 0 saturated heterocycles. The van der Waals surface area contributed by atoms with Crippen molar-refractivity contribution in [3.63, 3.8) is 0 Å². The number of hydrogen-bond donors (Lipinski definition) is 1. The molecule has 6 heteroatoms. The lowest BCUT2D eigenvalue weighted by atomic mass is 10.2. The molecule has 0 unspecified atom stereocenters. The minimum atomic E-state index is -4.21. The van der Waals surface area contributed by atoms with E-state index in [2.05, 4.69) is 4.98 Å². The molecule has 0 amide bonds. The van der Waals surface area contributed by atoms with Gasteiger partial charge in [-0.15, -0.1) is 0 Å². The van der Waals surface area contributed by atoms with Crippen molar-refractivity contribution < 1.29 is 17.9 Å². The molecule has 0 fully saturated rings. The SMILES string of the molecule is Cc1cc(CN)cc(OCCC(F)(F)F)n1. The molecular formula is C10H13F3N2O. The molecule has 1 heterocycles. The van der Waals surface area contributed by atoms with Crippen LogP contribution in [0.25, 0.3) is 0 Å². The minimum Gasteiger partial charge on any atom is -0.477 e. The zero-order chi connectivity index (χ0) is 12.2. The number of nitrogens with two attached hydrogens (primary N) is 1. The van der Waals surface area contributed by atoms with Crippen LogP contribution in [0.15, 0.2) is 12.1 Å². The van der Waals surface area contributed by atoms with Crippen molar-refractivity contribution in [2.75, 3.05) is 6.61 Å². The molecule has 0 aliphatic carbocycles. The van der Waals surface area contributed by atoms with Crippen molar-refractivity contribution in [1.29, 1.82) is 0 Å². The Morgan fingerprint density at radius 2 is 2.06 bits per heavy atom. The Balaban J connectivity index is 2.57. The first-order valence-electron chi connectivity index (χ1n) is 4.78. The average molecular weight is 234 g/mol. The van der Waals surface area contributed by atoms with Gasteiger partial charge in [-0.05, 0) is 18.6 Å². The van der Waals surface area contributed by atoms with Crippen molar-refractivity contribution in [2.45, 2.75) is 26.1 Å². The molecule has 1 rings (SSSR count). The maximum Gasteiger partial charge on any atom is 0.392 e. The molecule has 0 aliphatic rings. The summed E-state index contributed by atoms with van der Waals surface area (Å²) in [4.78, 5) is 3.96. The van der Waals surface area contributed by atoms with Crippen LogP contribution in [0.4, 0.5) is 13.2 Å². The number of nitrogens with zero attached hydrogens (tertiary/aromatic N) is 1. The summed E-state index contributed by atoms with van der Waals surface area (Å²) in [6.07, 6.45) is -5.19. The lowest BCUT2D eigenvalue weighted by Gasteiger charge is -2.09. The van der Waals surface area contributed by atoms with E-state index >= 15 is 0 Å². The molecule has 1 aromatic heterocycles. The van der Waals surface area contributed by atoms with Crippen LogP contribution in [-0.4, -0.2) is 17.8 Å². The Kier molecular flexibility index (Phi) is 4.12. The molecule has 0 aromatic carbocycles. The molecule has 0 aliphatic heterocycles. The Morgan fingerprint density at radius 1 is 1.38 bits per heavy atom. The predicted molar refractivity (Wildman–Crippen MR) is 53.0 cm³/mol. The second-order valence-electron chi connectivity index (χ2n) is 3.37. The molecule has 0 radical (unpaired) electrons. The third kappa shape index (κ3) is 4.48. The number of hydrogen-bond acceptors (Lipinski definition) is 3. The molecule has 0 bridgehead atoms. The van der Waals surface area contributed by atoms with E-state index in [9.17, 15) is 13.2 Å². The lowest BCUT2D eigenvalue weighted by molar-refractivity contribution is -0.139. The number of halogens is 3. The normalized spacial score (nSPS) is 11.6. The molecule has 0 spiro atoms. The summed E-state index contributed by atoms with van der Waals surface area (Å²) in [5.41, 5.74) is 6.88. The first kappa shape index (κ1) is 12.8. The fourth-order valence-electron chi connectivity index (χ4n) is 1.17. The van der Waals surface area contributed by atoms with Gasteiger partial charge < -0.3 is 10.5 Å². The molecule has 0 atom stereocenters. The monoisotopic (exact) mass is 234 g/mol. The number of ether oxygens (including phenoxy) is 1. The van der Waals surface area contributed by atoms with Gasteiger partial charge in [0.2, 0.25) is 5.88 Å². The van der Waals surface area contributed by atoms with Crippen molar-refractivity contribution in [1.82, 2.24) is 4.98 Å². The highest BCUT2D eigenvalue weighted by Crippen LogP contribution is 2.20. The van der Waals surface area contributed by atoms with Crippen LogP contribution in [0.1, 0.15) is 17.7 Å². The van der Waals surface area contributed by atoms with Gasteiger partial charge in [0.25, 0.3) is 0 Å². The lowest BCUT2D eigenvalue weighted by Crippen LogP contribution is -2.13. The van der Waals surface area contributed by atoms with E-state index in [1.165, 1.54) is 0 Å². The number of alkyl halides is 3. The van der Waals surface area contributed by atoms with E-state index < -0.39 is 19.2 Å². The fourth-order valence-corrected chi connectivity index (χ4v) is 1.17. The van der Waals surface area contributed by atoms with Crippen molar-refractivity contribution in [3.05, 3.63) is 23.4 Å². The van der Waals surface area contributed by atoms with Gasteiger partial charge in [0.15, 0.2) is 0 Å². The summed E-state index contributed by atoms with van der Waals surface area (Å²) < 4.78 is 40.5. The van der Waals surface area contributed by atoms with Crippen LogP contribution >= 0.6 is 0 Å². The largest absolute Gasteiger partial charge is 0.477 e. The van der Waals surface area contributed by atoms with E-state index in [1.54, 1.807) is 19.1 Å². The summed E-state index contributed by atoms with van der Waals surface area (Å²) in [7, 11) is 0. The van der Waals surface area contributed by atoms with E-state index in [1.807, 2.05) is 0 Å². The van der Waals surface area contributed by atoms with Crippen molar-refractivity contribution >= 4 is 0 Å². The summed E-state index contributed by atoms with van der Waals surface area (Å²) in [6, 6.07) is 3.31. The van der Waals surface area contributed by atoms with Gasteiger partial charge >= 0.3 is 6.18 Å². The second-order valence-corrected chi connectivity index (χ2v) is 3.37.